The average molecular weight is 443 g/mol. The van der Waals surface area contributed by atoms with Gasteiger partial charge in [0.15, 0.2) is 17.4 Å². The lowest BCUT2D eigenvalue weighted by Crippen LogP contribution is -2.15. The molecule has 176 valence electrons. The highest BCUT2D eigenvalue weighted by atomic mass is 19.3. The van der Waals surface area contributed by atoms with Gasteiger partial charge in [0.1, 0.15) is 0 Å². The van der Waals surface area contributed by atoms with Crippen LogP contribution in [0.1, 0.15) is 102 Å². The van der Waals surface area contributed by atoms with Gasteiger partial charge in [0, 0.05) is 0 Å². The third-order valence-electron chi connectivity index (χ3n) is 7.52. The van der Waals surface area contributed by atoms with Gasteiger partial charge >= 0.3 is 6.61 Å². The van der Waals surface area contributed by atoms with E-state index in [2.05, 4.69) is 4.74 Å². The van der Waals surface area contributed by atoms with Crippen LogP contribution in [0.4, 0.5) is 17.6 Å². The number of unbranched alkanes of at least 4 members (excludes halogenated alkanes) is 3. The molecule has 0 spiro atoms. The molecule has 0 saturated heterocycles. The van der Waals surface area contributed by atoms with Crippen LogP contribution in [0.25, 0.3) is 0 Å². The summed E-state index contributed by atoms with van der Waals surface area (Å²) in [6.07, 6.45) is 20.5. The van der Waals surface area contributed by atoms with Crippen LogP contribution in [-0.4, -0.2) is 6.61 Å². The number of aryl methyl sites for hydroxylation is 1. The molecule has 0 N–H and O–H groups in total. The largest absolute Gasteiger partial charge is 0.429 e. The fraction of sp³-hybridized carbons (Fsp3) is 0.769. The molecule has 3 rings (SSSR count). The molecule has 0 aromatic heterocycles. The molecule has 0 atom stereocenters. The zero-order valence-electron chi connectivity index (χ0n) is 18.7. The smallest absolute Gasteiger partial charge is 0.387 e. The molecule has 1 nitrogen and oxygen atoms in total. The van der Waals surface area contributed by atoms with Gasteiger partial charge in [0.25, 0.3) is 0 Å². The van der Waals surface area contributed by atoms with E-state index in [0.29, 0.717) is 17.9 Å². The molecule has 0 bridgehead atoms. The molecule has 0 aliphatic heterocycles. The molecular formula is C26H38F4O. The second kappa shape index (κ2) is 12.7. The summed E-state index contributed by atoms with van der Waals surface area (Å²) in [6, 6.07) is 2.25. The first-order valence-corrected chi connectivity index (χ1v) is 12.4. The predicted molar refractivity (Wildman–Crippen MR) is 116 cm³/mol. The summed E-state index contributed by atoms with van der Waals surface area (Å²) < 4.78 is 56.1. The number of halogens is 4. The molecule has 0 amide bonds. The van der Waals surface area contributed by atoms with Crippen molar-refractivity contribution >= 4 is 0 Å². The average Bonchev–Trinajstić information content (AvgIpc) is 3.26. The summed E-state index contributed by atoms with van der Waals surface area (Å²) >= 11 is 0. The molecule has 1 aromatic carbocycles. The van der Waals surface area contributed by atoms with Crippen LogP contribution in [0, 0.1) is 29.4 Å². The van der Waals surface area contributed by atoms with Crippen LogP contribution in [-0.2, 0) is 6.42 Å². The molecule has 1 aromatic rings. The van der Waals surface area contributed by atoms with Gasteiger partial charge in [-0.1, -0.05) is 89.9 Å². The van der Waals surface area contributed by atoms with Gasteiger partial charge in [-0.2, -0.15) is 8.78 Å². The van der Waals surface area contributed by atoms with Crippen LogP contribution in [0.2, 0.25) is 0 Å². The highest BCUT2D eigenvalue weighted by Crippen LogP contribution is 2.35. The summed E-state index contributed by atoms with van der Waals surface area (Å²) in [5, 5.41) is 0. The highest BCUT2D eigenvalue weighted by Gasteiger charge is 2.22. The summed E-state index contributed by atoms with van der Waals surface area (Å²) in [7, 11) is 0. The maximum absolute atomic E-state index is 13.9. The number of alkyl halides is 2. The van der Waals surface area contributed by atoms with Crippen molar-refractivity contribution in [2.45, 2.75) is 109 Å². The number of rotatable bonds is 12. The molecule has 0 radical (unpaired) electrons. The van der Waals surface area contributed by atoms with Crippen molar-refractivity contribution < 1.29 is 22.3 Å². The highest BCUT2D eigenvalue weighted by molar-refractivity contribution is 5.31. The van der Waals surface area contributed by atoms with Crippen molar-refractivity contribution in [1.29, 1.82) is 0 Å². The van der Waals surface area contributed by atoms with Crippen molar-refractivity contribution in [3.63, 3.8) is 0 Å². The Morgan fingerprint density at radius 2 is 1.19 bits per heavy atom. The molecule has 0 unspecified atom stereocenters. The minimum absolute atomic E-state index is 0.511. The third-order valence-corrected chi connectivity index (χ3v) is 7.52. The SMILES string of the molecule is Fc1cc(CC[C@H]2CC[C@H](CCCCCCC3CCCC3)CC2)cc(F)c1OC(F)F. The van der Waals surface area contributed by atoms with Gasteiger partial charge < -0.3 is 4.74 Å². The van der Waals surface area contributed by atoms with E-state index in [1.54, 1.807) is 0 Å². The first-order chi connectivity index (χ1) is 15.0. The second-order valence-corrected chi connectivity index (χ2v) is 9.83. The second-order valence-electron chi connectivity index (χ2n) is 9.83. The standard InChI is InChI=1S/C26H38F4O/c27-23-17-22(18-24(28)25(23)31-26(29)30)16-15-21-13-11-20(12-14-21)8-4-2-1-3-7-19-9-5-6-10-19/h17-21,26H,1-16H2/t20-,21-. The van der Waals surface area contributed by atoms with Crippen LogP contribution < -0.4 is 4.74 Å². The van der Waals surface area contributed by atoms with Gasteiger partial charge in [-0.3, -0.25) is 0 Å². The van der Waals surface area contributed by atoms with E-state index >= 15 is 0 Å². The van der Waals surface area contributed by atoms with E-state index in [4.69, 9.17) is 0 Å². The quantitative estimate of drug-likeness (QED) is 0.232. The molecule has 2 saturated carbocycles. The van der Waals surface area contributed by atoms with Crippen molar-refractivity contribution in [3.05, 3.63) is 29.3 Å². The summed E-state index contributed by atoms with van der Waals surface area (Å²) in [4.78, 5) is 0. The molecule has 5 heteroatoms. The fourth-order valence-corrected chi connectivity index (χ4v) is 5.66. The van der Waals surface area contributed by atoms with Crippen LogP contribution in [0.15, 0.2) is 12.1 Å². The van der Waals surface area contributed by atoms with E-state index in [-0.39, 0.29) is 0 Å². The Hall–Kier alpha value is -1.26. The zero-order valence-corrected chi connectivity index (χ0v) is 18.7. The summed E-state index contributed by atoms with van der Waals surface area (Å²) in [5.41, 5.74) is 0.511. The number of hydrogen-bond acceptors (Lipinski definition) is 1. The zero-order chi connectivity index (χ0) is 22.1. The van der Waals surface area contributed by atoms with Crippen LogP contribution in [0.3, 0.4) is 0 Å². The van der Waals surface area contributed by atoms with Gasteiger partial charge in [0.2, 0.25) is 0 Å². The third kappa shape index (κ3) is 8.31. The van der Waals surface area contributed by atoms with E-state index < -0.39 is 24.0 Å². The Kier molecular flexibility index (Phi) is 9.98. The Bertz CT molecular complexity index is 626. The van der Waals surface area contributed by atoms with Gasteiger partial charge in [-0.15, -0.1) is 0 Å². The molecule has 0 heterocycles. The topological polar surface area (TPSA) is 9.23 Å². The van der Waals surface area contributed by atoms with Crippen molar-refractivity contribution in [1.82, 2.24) is 0 Å². The van der Waals surface area contributed by atoms with Crippen molar-refractivity contribution in [2.75, 3.05) is 0 Å². The Balaban J connectivity index is 1.27. The lowest BCUT2D eigenvalue weighted by atomic mass is 9.77. The fourth-order valence-electron chi connectivity index (χ4n) is 5.66. The molecule has 2 fully saturated rings. The first-order valence-electron chi connectivity index (χ1n) is 12.4. The summed E-state index contributed by atoms with van der Waals surface area (Å²) in [5.74, 6) is -0.646. The van der Waals surface area contributed by atoms with Crippen molar-refractivity contribution in [2.24, 2.45) is 17.8 Å². The van der Waals surface area contributed by atoms with Crippen LogP contribution in [0.5, 0.6) is 5.75 Å². The van der Waals surface area contributed by atoms with E-state index in [0.717, 1.165) is 30.4 Å². The van der Waals surface area contributed by atoms with Gasteiger partial charge in [-0.25, -0.2) is 8.78 Å². The normalized spacial score (nSPS) is 22.4. The summed E-state index contributed by atoms with van der Waals surface area (Å²) in [6.45, 7) is -3.23. The predicted octanol–water partition coefficient (Wildman–Crippen LogP) is 8.84. The minimum atomic E-state index is -3.23. The first kappa shape index (κ1) is 24.4. The monoisotopic (exact) mass is 442 g/mol. The minimum Gasteiger partial charge on any atom is -0.429 e. The van der Waals surface area contributed by atoms with E-state index in [1.165, 1.54) is 89.9 Å². The molecule has 2 aliphatic carbocycles. The Morgan fingerprint density at radius 3 is 1.71 bits per heavy atom. The lowest BCUT2D eigenvalue weighted by molar-refractivity contribution is -0.0546. The molecule has 31 heavy (non-hydrogen) atoms. The number of hydrogen-bond donors (Lipinski definition) is 0. The lowest BCUT2D eigenvalue weighted by Gasteiger charge is -2.28. The maximum atomic E-state index is 13.9. The van der Waals surface area contributed by atoms with E-state index in [1.807, 2.05) is 0 Å². The Labute approximate surface area is 184 Å². The number of benzene rings is 1. The van der Waals surface area contributed by atoms with Gasteiger partial charge in [-0.05, 0) is 48.3 Å². The van der Waals surface area contributed by atoms with E-state index in [9.17, 15) is 17.6 Å². The Morgan fingerprint density at radius 1 is 0.710 bits per heavy atom. The van der Waals surface area contributed by atoms with Crippen LogP contribution >= 0.6 is 0 Å². The van der Waals surface area contributed by atoms with Crippen molar-refractivity contribution in [3.8, 4) is 5.75 Å². The molecular weight excluding hydrogens is 404 g/mol. The maximum Gasteiger partial charge on any atom is 0.387 e. The molecule has 2 aliphatic rings. The van der Waals surface area contributed by atoms with Gasteiger partial charge in [0.05, 0.1) is 0 Å². The number of ether oxygens (including phenoxy) is 1.